The Morgan fingerprint density at radius 3 is 2.58 bits per heavy atom. The Hall–Kier alpha value is -4.07. The number of methoxy groups -OCH3 is 1. The van der Waals surface area contributed by atoms with Crippen LogP contribution in [0.5, 0.6) is 5.75 Å². The molecule has 2 unspecified atom stereocenters. The second kappa shape index (κ2) is 10.5. The number of oxime groups is 1. The lowest BCUT2D eigenvalue weighted by molar-refractivity contribution is -0.135. The fraction of sp³-hybridized carbons (Fsp3) is 0.240. The summed E-state index contributed by atoms with van der Waals surface area (Å²) in [4.78, 5) is 31.2. The van der Waals surface area contributed by atoms with Gasteiger partial charge in [-0.1, -0.05) is 35.5 Å². The Morgan fingerprint density at radius 1 is 1.09 bits per heavy atom. The molecule has 0 saturated carbocycles. The molecule has 0 saturated heterocycles. The summed E-state index contributed by atoms with van der Waals surface area (Å²) in [5.74, 6) is 0.663. The van der Waals surface area contributed by atoms with Gasteiger partial charge in [0.1, 0.15) is 17.6 Å². The molecule has 33 heavy (non-hydrogen) atoms. The summed E-state index contributed by atoms with van der Waals surface area (Å²) >= 11 is 0. The van der Waals surface area contributed by atoms with Crippen molar-refractivity contribution in [2.75, 3.05) is 7.11 Å². The number of rotatable bonds is 9. The summed E-state index contributed by atoms with van der Waals surface area (Å²) in [6.45, 7) is 0.234. The molecule has 170 valence electrons. The van der Waals surface area contributed by atoms with Crippen LogP contribution in [0, 0.1) is 0 Å². The minimum absolute atomic E-state index is 0.234. The molecule has 8 nitrogen and oxygen atoms in total. The fourth-order valence-corrected chi connectivity index (χ4v) is 3.51. The molecule has 0 bridgehead atoms. The quantitative estimate of drug-likeness (QED) is 0.525. The minimum atomic E-state index is -0.807. The molecule has 0 aliphatic carbocycles. The third-order valence-corrected chi connectivity index (χ3v) is 5.32. The van der Waals surface area contributed by atoms with Gasteiger partial charge >= 0.3 is 0 Å². The van der Waals surface area contributed by atoms with Crippen LogP contribution in [0.15, 0.2) is 82.6 Å². The first-order chi connectivity index (χ1) is 16.1. The Kier molecular flexibility index (Phi) is 7.04. The van der Waals surface area contributed by atoms with Gasteiger partial charge in [-0.2, -0.15) is 0 Å². The van der Waals surface area contributed by atoms with Crippen LogP contribution < -0.4 is 15.4 Å². The van der Waals surface area contributed by atoms with Crippen molar-refractivity contribution in [3.05, 3.63) is 89.9 Å². The zero-order chi connectivity index (χ0) is 23.0. The van der Waals surface area contributed by atoms with Crippen molar-refractivity contribution in [3.8, 4) is 5.75 Å². The number of ether oxygens (including phenoxy) is 1. The maximum absolute atomic E-state index is 12.9. The second-order valence-electron chi connectivity index (χ2n) is 7.61. The lowest BCUT2D eigenvalue weighted by atomic mass is 10.0. The summed E-state index contributed by atoms with van der Waals surface area (Å²) in [5.41, 5.74) is 2.45. The van der Waals surface area contributed by atoms with Crippen molar-refractivity contribution < 1.29 is 23.6 Å². The van der Waals surface area contributed by atoms with Crippen LogP contribution in [0.25, 0.3) is 0 Å². The SMILES string of the molecule is COc1ccc(C2=NOC(C(=O)NC(Cc3ccccc3)C(=O)NCc3ccco3)C2)cc1. The van der Waals surface area contributed by atoms with Gasteiger partial charge in [0.25, 0.3) is 5.91 Å². The Bertz CT molecular complexity index is 1090. The molecule has 2 heterocycles. The number of carbonyl (C=O) groups excluding carboxylic acids is 2. The Morgan fingerprint density at radius 2 is 1.88 bits per heavy atom. The van der Waals surface area contributed by atoms with E-state index < -0.39 is 18.1 Å². The first kappa shape index (κ1) is 22.1. The average molecular weight is 447 g/mol. The Balaban J connectivity index is 1.39. The lowest BCUT2D eigenvalue weighted by Crippen LogP contribution is -2.50. The van der Waals surface area contributed by atoms with Gasteiger partial charge in [-0.25, -0.2) is 0 Å². The van der Waals surface area contributed by atoms with Crippen LogP contribution >= 0.6 is 0 Å². The van der Waals surface area contributed by atoms with E-state index in [-0.39, 0.29) is 12.5 Å². The molecule has 2 atom stereocenters. The normalized spacial score (nSPS) is 15.8. The molecule has 2 aromatic carbocycles. The summed E-state index contributed by atoms with van der Waals surface area (Å²) < 4.78 is 10.4. The summed E-state index contributed by atoms with van der Waals surface area (Å²) in [6, 6.07) is 19.6. The molecule has 1 aliphatic rings. The van der Waals surface area contributed by atoms with Gasteiger partial charge in [0.05, 0.1) is 25.6 Å². The molecule has 1 aliphatic heterocycles. The maximum atomic E-state index is 12.9. The fourth-order valence-electron chi connectivity index (χ4n) is 3.51. The minimum Gasteiger partial charge on any atom is -0.497 e. The average Bonchev–Trinajstić information content (AvgIpc) is 3.55. The van der Waals surface area contributed by atoms with Gasteiger partial charge < -0.3 is 24.6 Å². The van der Waals surface area contributed by atoms with Crippen molar-refractivity contribution >= 4 is 17.5 Å². The largest absolute Gasteiger partial charge is 0.497 e. The van der Waals surface area contributed by atoms with Crippen molar-refractivity contribution in [1.29, 1.82) is 0 Å². The highest BCUT2D eigenvalue weighted by Gasteiger charge is 2.32. The highest BCUT2D eigenvalue weighted by molar-refractivity contribution is 6.04. The van der Waals surface area contributed by atoms with E-state index in [0.29, 0.717) is 24.3 Å². The van der Waals surface area contributed by atoms with Gasteiger partial charge in [-0.05, 0) is 47.5 Å². The topological polar surface area (TPSA) is 102 Å². The first-order valence-electron chi connectivity index (χ1n) is 10.6. The third-order valence-electron chi connectivity index (χ3n) is 5.32. The third kappa shape index (κ3) is 5.79. The van der Waals surface area contributed by atoms with E-state index in [1.54, 1.807) is 25.5 Å². The van der Waals surface area contributed by atoms with Gasteiger partial charge in [0.15, 0.2) is 0 Å². The van der Waals surface area contributed by atoms with E-state index in [9.17, 15) is 9.59 Å². The van der Waals surface area contributed by atoms with Crippen molar-refractivity contribution in [2.45, 2.75) is 31.5 Å². The highest BCUT2D eigenvalue weighted by Crippen LogP contribution is 2.20. The molecule has 1 aromatic heterocycles. The van der Waals surface area contributed by atoms with Crippen molar-refractivity contribution in [1.82, 2.24) is 10.6 Å². The monoisotopic (exact) mass is 447 g/mol. The summed E-state index contributed by atoms with van der Waals surface area (Å²) in [6.07, 6.45) is 1.39. The van der Waals surface area contributed by atoms with E-state index in [1.165, 1.54) is 0 Å². The molecular formula is C25H25N3O5. The lowest BCUT2D eigenvalue weighted by Gasteiger charge is -2.20. The van der Waals surface area contributed by atoms with E-state index in [0.717, 1.165) is 16.9 Å². The number of hydrogen-bond donors (Lipinski definition) is 2. The van der Waals surface area contributed by atoms with Gasteiger partial charge in [0.2, 0.25) is 12.0 Å². The van der Waals surface area contributed by atoms with Crippen LogP contribution in [0.3, 0.4) is 0 Å². The van der Waals surface area contributed by atoms with E-state index >= 15 is 0 Å². The van der Waals surface area contributed by atoms with E-state index in [2.05, 4.69) is 15.8 Å². The molecule has 8 heteroatoms. The molecule has 0 fully saturated rings. The maximum Gasteiger partial charge on any atom is 0.265 e. The number of furan rings is 1. The standard InChI is InChI=1S/C25H25N3O5/c1-31-19-11-9-18(10-12-19)21-15-23(33-28-21)25(30)27-22(14-17-6-3-2-4-7-17)24(29)26-16-20-8-5-13-32-20/h2-13,22-23H,14-16H2,1H3,(H,26,29)(H,27,30). The number of amides is 2. The smallest absolute Gasteiger partial charge is 0.265 e. The van der Waals surface area contributed by atoms with Crippen LogP contribution in [0.4, 0.5) is 0 Å². The number of nitrogens with one attached hydrogen (secondary N) is 2. The molecule has 4 rings (SSSR count). The molecule has 2 amide bonds. The van der Waals surface area contributed by atoms with Crippen molar-refractivity contribution in [2.24, 2.45) is 5.16 Å². The predicted octanol–water partition coefficient (Wildman–Crippen LogP) is 2.83. The highest BCUT2D eigenvalue weighted by atomic mass is 16.6. The summed E-state index contributed by atoms with van der Waals surface area (Å²) in [7, 11) is 1.60. The zero-order valence-electron chi connectivity index (χ0n) is 18.2. The van der Waals surface area contributed by atoms with Crippen molar-refractivity contribution in [3.63, 3.8) is 0 Å². The van der Waals surface area contributed by atoms with Gasteiger partial charge in [-0.3, -0.25) is 9.59 Å². The molecular weight excluding hydrogens is 422 g/mol. The first-order valence-corrected chi connectivity index (χ1v) is 10.6. The predicted molar refractivity (Wildman–Crippen MR) is 122 cm³/mol. The molecule has 2 N–H and O–H groups in total. The van der Waals surface area contributed by atoms with Gasteiger partial charge in [0, 0.05) is 12.8 Å². The number of benzene rings is 2. The number of carbonyl (C=O) groups is 2. The van der Waals surface area contributed by atoms with Gasteiger partial charge in [-0.15, -0.1) is 0 Å². The van der Waals surface area contributed by atoms with Crippen LogP contribution in [0.1, 0.15) is 23.3 Å². The van der Waals surface area contributed by atoms with Crippen LogP contribution in [-0.2, 0) is 27.4 Å². The molecule has 0 radical (unpaired) electrons. The number of nitrogens with zero attached hydrogens (tertiary/aromatic N) is 1. The van der Waals surface area contributed by atoms with E-state index in [4.69, 9.17) is 14.0 Å². The van der Waals surface area contributed by atoms with E-state index in [1.807, 2.05) is 54.6 Å². The molecule has 0 spiro atoms. The number of hydrogen-bond acceptors (Lipinski definition) is 6. The zero-order valence-corrected chi connectivity index (χ0v) is 18.2. The Labute approximate surface area is 191 Å². The van der Waals surface area contributed by atoms with Crippen LogP contribution in [0.2, 0.25) is 0 Å². The molecule has 3 aromatic rings. The van der Waals surface area contributed by atoms with Crippen LogP contribution in [-0.4, -0.2) is 36.8 Å². The summed E-state index contributed by atoms with van der Waals surface area (Å²) in [5, 5.41) is 9.72. The second-order valence-corrected chi connectivity index (χ2v) is 7.61.